The van der Waals surface area contributed by atoms with E-state index >= 15 is 0 Å². The predicted octanol–water partition coefficient (Wildman–Crippen LogP) is 3.48. The smallest absolute Gasteiger partial charge is 0.317 e. The molecule has 1 N–H and O–H groups in total. The van der Waals surface area contributed by atoms with Crippen molar-refractivity contribution in [2.75, 3.05) is 13.1 Å². The molecule has 24 heavy (non-hydrogen) atoms. The second-order valence-corrected chi connectivity index (χ2v) is 7.07. The fraction of sp³-hybridized carbons (Fsp3) is 0.765. The van der Waals surface area contributed by atoms with Gasteiger partial charge < -0.3 is 10.2 Å². The Morgan fingerprint density at radius 3 is 2.75 bits per heavy atom. The third kappa shape index (κ3) is 3.87. The van der Waals surface area contributed by atoms with Crippen LogP contribution in [0.25, 0.3) is 0 Å². The molecule has 2 aliphatic rings. The van der Waals surface area contributed by atoms with Crippen LogP contribution in [-0.2, 0) is 7.05 Å². The Bertz CT molecular complexity index is 565. The minimum atomic E-state index is -2.52. The van der Waals surface area contributed by atoms with Crippen molar-refractivity contribution < 1.29 is 13.6 Å². The van der Waals surface area contributed by atoms with E-state index in [9.17, 15) is 13.6 Å². The second-order valence-electron chi connectivity index (χ2n) is 7.07. The van der Waals surface area contributed by atoms with E-state index in [0.29, 0.717) is 19.4 Å². The zero-order valence-electron chi connectivity index (χ0n) is 14.2. The van der Waals surface area contributed by atoms with Crippen LogP contribution in [0.4, 0.5) is 13.6 Å². The molecule has 1 saturated heterocycles. The highest BCUT2D eigenvalue weighted by molar-refractivity contribution is 5.74. The summed E-state index contributed by atoms with van der Waals surface area (Å²) in [6.07, 6.45) is 5.63. The molecule has 1 aromatic rings. The Morgan fingerprint density at radius 2 is 2.08 bits per heavy atom. The van der Waals surface area contributed by atoms with E-state index in [1.165, 1.54) is 0 Å². The van der Waals surface area contributed by atoms with E-state index in [1.54, 1.807) is 6.20 Å². The monoisotopic (exact) mass is 340 g/mol. The SMILES string of the molecule is Cn1nccc1[C@H]1CCCCN1C(=O)NCC1CCC(F)(F)CC1. The first-order chi connectivity index (χ1) is 11.5. The molecule has 2 heterocycles. The van der Waals surface area contributed by atoms with E-state index in [1.807, 2.05) is 22.7 Å². The van der Waals surface area contributed by atoms with Gasteiger partial charge in [-0.3, -0.25) is 4.68 Å². The number of likely N-dealkylation sites (tertiary alicyclic amines) is 1. The summed E-state index contributed by atoms with van der Waals surface area (Å²) in [5, 5.41) is 7.18. The number of amides is 2. The summed E-state index contributed by atoms with van der Waals surface area (Å²) >= 11 is 0. The van der Waals surface area contributed by atoms with Crippen LogP contribution in [0.3, 0.4) is 0 Å². The highest BCUT2D eigenvalue weighted by Crippen LogP contribution is 2.36. The topological polar surface area (TPSA) is 50.2 Å². The van der Waals surface area contributed by atoms with Gasteiger partial charge in [0.15, 0.2) is 0 Å². The maximum Gasteiger partial charge on any atom is 0.317 e. The Hall–Kier alpha value is -1.66. The van der Waals surface area contributed by atoms with Crippen molar-refractivity contribution in [1.29, 1.82) is 0 Å². The van der Waals surface area contributed by atoms with Crippen LogP contribution in [0.15, 0.2) is 12.3 Å². The number of urea groups is 1. The summed E-state index contributed by atoms with van der Waals surface area (Å²) in [7, 11) is 1.89. The third-order valence-electron chi connectivity index (χ3n) is 5.34. The number of halogens is 2. The number of piperidine rings is 1. The van der Waals surface area contributed by atoms with Crippen LogP contribution in [0.2, 0.25) is 0 Å². The Balaban J connectivity index is 1.56. The standard InChI is InChI=1S/C17H26F2N4O/c1-22-14(7-10-21-22)15-4-2-3-11-23(15)16(24)20-12-13-5-8-17(18,19)9-6-13/h7,10,13,15H,2-6,8-9,11-12H2,1H3,(H,20,24)/t15-/m1/s1. The summed E-state index contributed by atoms with van der Waals surface area (Å²) in [5.41, 5.74) is 1.04. The van der Waals surface area contributed by atoms with E-state index in [0.717, 1.165) is 31.5 Å². The van der Waals surface area contributed by atoms with Gasteiger partial charge in [-0.15, -0.1) is 0 Å². The zero-order chi connectivity index (χ0) is 17.2. The maximum absolute atomic E-state index is 13.2. The van der Waals surface area contributed by atoms with Crippen molar-refractivity contribution in [3.63, 3.8) is 0 Å². The number of aryl methyl sites for hydroxylation is 1. The summed E-state index contributed by atoms with van der Waals surface area (Å²) < 4.78 is 28.2. The largest absolute Gasteiger partial charge is 0.338 e. The Kier molecular flexibility index (Phi) is 5.06. The summed E-state index contributed by atoms with van der Waals surface area (Å²) in [5.74, 6) is -2.36. The molecule has 1 aliphatic carbocycles. The molecular weight excluding hydrogens is 314 g/mol. The molecule has 0 aromatic carbocycles. The van der Waals surface area contributed by atoms with Crippen LogP contribution in [0, 0.1) is 5.92 Å². The van der Waals surface area contributed by atoms with Crippen molar-refractivity contribution in [3.05, 3.63) is 18.0 Å². The lowest BCUT2D eigenvalue weighted by Crippen LogP contribution is -2.46. The average molecular weight is 340 g/mol. The van der Waals surface area contributed by atoms with E-state index in [4.69, 9.17) is 0 Å². The highest BCUT2D eigenvalue weighted by atomic mass is 19.3. The normalized spacial score (nSPS) is 24.8. The number of hydrogen-bond acceptors (Lipinski definition) is 2. The molecule has 2 fully saturated rings. The van der Waals surface area contributed by atoms with Gasteiger partial charge in [0.05, 0.1) is 11.7 Å². The van der Waals surface area contributed by atoms with Gasteiger partial charge in [-0.25, -0.2) is 13.6 Å². The number of alkyl halides is 2. The minimum absolute atomic E-state index is 0.0435. The van der Waals surface area contributed by atoms with Gasteiger partial charge in [0.25, 0.3) is 0 Å². The minimum Gasteiger partial charge on any atom is -0.338 e. The van der Waals surface area contributed by atoms with Crippen LogP contribution < -0.4 is 5.32 Å². The third-order valence-corrected chi connectivity index (χ3v) is 5.34. The van der Waals surface area contributed by atoms with Crippen molar-refractivity contribution in [3.8, 4) is 0 Å². The molecule has 1 aliphatic heterocycles. The van der Waals surface area contributed by atoms with E-state index in [-0.39, 0.29) is 30.8 Å². The van der Waals surface area contributed by atoms with Crippen molar-refractivity contribution in [2.45, 2.75) is 56.9 Å². The predicted molar refractivity (Wildman–Crippen MR) is 86.8 cm³/mol. The fourth-order valence-electron chi connectivity index (χ4n) is 3.83. The Labute approximate surface area is 141 Å². The van der Waals surface area contributed by atoms with Crippen molar-refractivity contribution in [2.24, 2.45) is 13.0 Å². The number of hydrogen-bond donors (Lipinski definition) is 1. The van der Waals surface area contributed by atoms with E-state index < -0.39 is 5.92 Å². The first kappa shape index (κ1) is 17.2. The summed E-state index contributed by atoms with van der Waals surface area (Å²) in [4.78, 5) is 14.5. The lowest BCUT2D eigenvalue weighted by molar-refractivity contribution is -0.0452. The number of aromatic nitrogens is 2. The maximum atomic E-state index is 13.2. The highest BCUT2D eigenvalue weighted by Gasteiger charge is 2.35. The lowest BCUT2D eigenvalue weighted by Gasteiger charge is -2.36. The van der Waals surface area contributed by atoms with Crippen LogP contribution in [0.1, 0.15) is 56.7 Å². The van der Waals surface area contributed by atoms with Crippen LogP contribution in [-0.4, -0.2) is 39.7 Å². The van der Waals surface area contributed by atoms with Gasteiger partial charge in [0, 0.05) is 39.2 Å². The quantitative estimate of drug-likeness (QED) is 0.916. The molecule has 7 heteroatoms. The Morgan fingerprint density at radius 1 is 1.33 bits per heavy atom. The van der Waals surface area contributed by atoms with Gasteiger partial charge in [0.2, 0.25) is 5.92 Å². The first-order valence-corrected chi connectivity index (χ1v) is 8.86. The van der Waals surface area contributed by atoms with Crippen molar-refractivity contribution in [1.82, 2.24) is 20.0 Å². The first-order valence-electron chi connectivity index (χ1n) is 8.86. The average Bonchev–Trinajstić information content (AvgIpc) is 2.99. The molecule has 3 rings (SSSR count). The van der Waals surface area contributed by atoms with Crippen LogP contribution >= 0.6 is 0 Å². The number of nitrogens with one attached hydrogen (secondary N) is 1. The number of rotatable bonds is 3. The molecule has 134 valence electrons. The van der Waals surface area contributed by atoms with Crippen molar-refractivity contribution >= 4 is 6.03 Å². The summed E-state index contributed by atoms with van der Waals surface area (Å²) in [6, 6.07) is 1.92. The van der Waals surface area contributed by atoms with Gasteiger partial charge in [-0.1, -0.05) is 0 Å². The van der Waals surface area contributed by atoms with E-state index in [2.05, 4.69) is 10.4 Å². The van der Waals surface area contributed by atoms with Gasteiger partial charge in [-0.05, 0) is 44.1 Å². The molecular formula is C17H26F2N4O. The fourth-order valence-corrected chi connectivity index (χ4v) is 3.83. The molecule has 0 radical (unpaired) electrons. The van der Waals surface area contributed by atoms with Gasteiger partial charge in [-0.2, -0.15) is 5.10 Å². The molecule has 1 aromatic heterocycles. The molecule has 0 bridgehead atoms. The lowest BCUT2D eigenvalue weighted by atomic mass is 9.87. The number of nitrogens with zero attached hydrogens (tertiary/aromatic N) is 3. The summed E-state index contributed by atoms with van der Waals surface area (Å²) in [6.45, 7) is 1.22. The van der Waals surface area contributed by atoms with Gasteiger partial charge in [0.1, 0.15) is 0 Å². The van der Waals surface area contributed by atoms with Crippen LogP contribution in [0.5, 0.6) is 0 Å². The molecule has 0 spiro atoms. The molecule has 1 saturated carbocycles. The molecule has 2 amide bonds. The van der Waals surface area contributed by atoms with Gasteiger partial charge >= 0.3 is 6.03 Å². The second kappa shape index (κ2) is 7.07. The molecule has 5 nitrogen and oxygen atoms in total. The number of carbonyl (C=O) groups is 1. The number of carbonyl (C=O) groups excluding carboxylic acids is 1. The zero-order valence-corrected chi connectivity index (χ0v) is 14.2. The molecule has 0 unspecified atom stereocenters. The molecule has 1 atom stereocenters.